The van der Waals surface area contributed by atoms with E-state index in [-0.39, 0.29) is 11.8 Å². The molecule has 4 rings (SSSR count). The first-order chi connectivity index (χ1) is 14.2. The molecule has 1 N–H and O–H groups in total. The maximum absolute atomic E-state index is 13.0. The van der Waals surface area contributed by atoms with Gasteiger partial charge in [-0.15, -0.1) is 0 Å². The minimum absolute atomic E-state index is 0.213. The van der Waals surface area contributed by atoms with Crippen LogP contribution in [0.3, 0.4) is 0 Å². The second-order valence-corrected chi connectivity index (χ2v) is 7.87. The van der Waals surface area contributed by atoms with Crippen molar-refractivity contribution in [2.45, 2.75) is 45.3 Å². The predicted molar refractivity (Wildman–Crippen MR) is 119 cm³/mol. The molecule has 0 radical (unpaired) electrons. The van der Waals surface area contributed by atoms with Gasteiger partial charge in [0.2, 0.25) is 0 Å². The number of carbonyl (C=O) groups is 1. The first kappa shape index (κ1) is 19.6. The summed E-state index contributed by atoms with van der Waals surface area (Å²) in [5.41, 5.74) is 4.02. The van der Waals surface area contributed by atoms with Gasteiger partial charge in [-0.3, -0.25) is 4.79 Å². The highest BCUT2D eigenvalue weighted by molar-refractivity contribution is 7.80. The van der Waals surface area contributed by atoms with E-state index < -0.39 is 0 Å². The van der Waals surface area contributed by atoms with Gasteiger partial charge in [-0.05, 0) is 43.1 Å². The molecule has 1 aliphatic carbocycles. The van der Waals surface area contributed by atoms with Gasteiger partial charge in [-0.1, -0.05) is 55.5 Å². The van der Waals surface area contributed by atoms with Crippen molar-refractivity contribution in [3.63, 3.8) is 0 Å². The summed E-state index contributed by atoms with van der Waals surface area (Å²) in [5.74, 6) is 0.996. The van der Waals surface area contributed by atoms with E-state index in [4.69, 9.17) is 17.0 Å². The molecule has 2 aliphatic rings. The minimum atomic E-state index is -0.259. The number of carbonyl (C=O) groups excluding carboxylic acids is 1. The number of ketones is 1. The largest absolute Gasteiger partial charge is 0.489 e. The van der Waals surface area contributed by atoms with Crippen molar-refractivity contribution in [2.24, 2.45) is 0 Å². The number of ether oxygens (including phenoxy) is 1. The van der Waals surface area contributed by atoms with Crippen molar-refractivity contribution in [3.8, 4) is 5.75 Å². The summed E-state index contributed by atoms with van der Waals surface area (Å²) < 4.78 is 6.17. The van der Waals surface area contributed by atoms with E-state index in [2.05, 4.69) is 17.1 Å². The molecule has 5 heteroatoms. The lowest BCUT2D eigenvalue weighted by atomic mass is 9.84. The second-order valence-electron chi connectivity index (χ2n) is 7.48. The van der Waals surface area contributed by atoms with Crippen LogP contribution in [-0.4, -0.2) is 22.3 Å². The molecule has 2 aromatic carbocycles. The van der Waals surface area contributed by atoms with Gasteiger partial charge in [0.05, 0.1) is 6.04 Å². The van der Waals surface area contributed by atoms with Crippen molar-refractivity contribution in [1.29, 1.82) is 0 Å². The van der Waals surface area contributed by atoms with Crippen molar-refractivity contribution in [3.05, 3.63) is 77.0 Å². The average Bonchev–Trinajstić information content (AvgIpc) is 2.75. The fourth-order valence-electron chi connectivity index (χ4n) is 4.13. The number of Topliss-reactive ketones (excluding diaryl/α,β-unsaturated/α-hetero) is 1. The van der Waals surface area contributed by atoms with E-state index in [1.807, 2.05) is 54.6 Å². The van der Waals surface area contributed by atoms with Crippen LogP contribution in [0.5, 0.6) is 5.75 Å². The summed E-state index contributed by atoms with van der Waals surface area (Å²) in [4.78, 5) is 15.1. The lowest BCUT2D eigenvalue weighted by molar-refractivity contribution is -0.116. The Morgan fingerprint density at radius 2 is 1.86 bits per heavy atom. The molecule has 1 aliphatic heterocycles. The van der Waals surface area contributed by atoms with Gasteiger partial charge in [0.1, 0.15) is 12.4 Å². The van der Waals surface area contributed by atoms with Crippen LogP contribution in [0.4, 0.5) is 0 Å². The van der Waals surface area contributed by atoms with Crippen LogP contribution in [0.25, 0.3) is 0 Å². The average molecular weight is 407 g/mol. The highest BCUT2D eigenvalue weighted by Crippen LogP contribution is 2.40. The van der Waals surface area contributed by atoms with E-state index in [0.717, 1.165) is 54.0 Å². The van der Waals surface area contributed by atoms with Gasteiger partial charge in [0, 0.05) is 29.8 Å². The van der Waals surface area contributed by atoms with Crippen molar-refractivity contribution in [2.75, 3.05) is 6.54 Å². The molecule has 0 fully saturated rings. The Morgan fingerprint density at radius 3 is 2.66 bits per heavy atom. The Kier molecular flexibility index (Phi) is 5.95. The monoisotopic (exact) mass is 406 g/mol. The van der Waals surface area contributed by atoms with Crippen molar-refractivity contribution < 1.29 is 9.53 Å². The summed E-state index contributed by atoms with van der Waals surface area (Å²) in [5, 5.41) is 4.13. The number of nitrogens with zero attached hydrogens (tertiary/aromatic N) is 1. The van der Waals surface area contributed by atoms with Crippen LogP contribution < -0.4 is 10.1 Å². The fraction of sp³-hybridized carbons (Fsp3) is 0.333. The first-order valence-electron chi connectivity index (χ1n) is 10.3. The van der Waals surface area contributed by atoms with Gasteiger partial charge in [-0.2, -0.15) is 0 Å². The SMILES string of the molecule is CCCN1C(=S)NC(c2ccccc2OCc2ccccc2)C2=C1CCCC2=O. The topological polar surface area (TPSA) is 41.6 Å². The number of allylic oxidation sites excluding steroid dienone is 1. The summed E-state index contributed by atoms with van der Waals surface area (Å²) in [6.45, 7) is 3.44. The quantitative estimate of drug-likeness (QED) is 0.690. The lowest BCUT2D eigenvalue weighted by Crippen LogP contribution is -2.49. The Bertz CT molecular complexity index is 939. The van der Waals surface area contributed by atoms with Crippen LogP contribution >= 0.6 is 12.2 Å². The lowest BCUT2D eigenvalue weighted by Gasteiger charge is -2.41. The highest BCUT2D eigenvalue weighted by Gasteiger charge is 2.37. The number of para-hydroxylation sites is 1. The summed E-state index contributed by atoms with van der Waals surface area (Å²) in [6, 6.07) is 17.8. The van der Waals surface area contributed by atoms with Crippen LogP contribution in [0, 0.1) is 0 Å². The number of rotatable bonds is 6. The molecule has 1 unspecified atom stereocenters. The zero-order valence-corrected chi connectivity index (χ0v) is 17.5. The van der Waals surface area contributed by atoms with E-state index in [0.29, 0.717) is 18.1 Å². The number of thiocarbonyl (C=S) groups is 1. The van der Waals surface area contributed by atoms with Crippen molar-refractivity contribution in [1.82, 2.24) is 10.2 Å². The molecule has 1 atom stereocenters. The molecular formula is C24H26N2O2S. The van der Waals surface area contributed by atoms with Crippen LogP contribution in [0.1, 0.15) is 49.8 Å². The number of hydrogen-bond donors (Lipinski definition) is 1. The zero-order chi connectivity index (χ0) is 20.2. The van der Waals surface area contributed by atoms with E-state index >= 15 is 0 Å². The summed E-state index contributed by atoms with van der Waals surface area (Å²) in [7, 11) is 0. The third-order valence-corrected chi connectivity index (χ3v) is 5.81. The highest BCUT2D eigenvalue weighted by atomic mass is 32.1. The molecule has 0 aromatic heterocycles. The molecule has 1 heterocycles. The Balaban J connectivity index is 1.69. The molecule has 150 valence electrons. The molecule has 29 heavy (non-hydrogen) atoms. The number of nitrogens with one attached hydrogen (secondary N) is 1. The van der Waals surface area contributed by atoms with Crippen LogP contribution in [0.15, 0.2) is 65.9 Å². The van der Waals surface area contributed by atoms with Crippen molar-refractivity contribution >= 4 is 23.1 Å². The van der Waals surface area contributed by atoms with E-state index in [1.54, 1.807) is 0 Å². The van der Waals surface area contributed by atoms with Gasteiger partial charge < -0.3 is 15.0 Å². The number of hydrogen-bond acceptors (Lipinski definition) is 3. The normalized spacial score (nSPS) is 19.1. The summed E-state index contributed by atoms with van der Waals surface area (Å²) >= 11 is 5.69. The molecule has 0 spiro atoms. The van der Waals surface area contributed by atoms with Crippen LogP contribution in [-0.2, 0) is 11.4 Å². The molecular weight excluding hydrogens is 380 g/mol. The Morgan fingerprint density at radius 1 is 1.10 bits per heavy atom. The second kappa shape index (κ2) is 8.78. The summed E-state index contributed by atoms with van der Waals surface area (Å²) in [6.07, 6.45) is 3.36. The smallest absolute Gasteiger partial charge is 0.173 e. The molecule has 0 amide bonds. The van der Waals surface area contributed by atoms with E-state index in [1.165, 1.54) is 0 Å². The third-order valence-electron chi connectivity index (χ3n) is 5.47. The molecule has 0 bridgehead atoms. The minimum Gasteiger partial charge on any atom is -0.489 e. The maximum Gasteiger partial charge on any atom is 0.173 e. The van der Waals surface area contributed by atoms with Gasteiger partial charge >= 0.3 is 0 Å². The van der Waals surface area contributed by atoms with Crippen LogP contribution in [0.2, 0.25) is 0 Å². The molecule has 4 nitrogen and oxygen atoms in total. The predicted octanol–water partition coefficient (Wildman–Crippen LogP) is 4.91. The van der Waals surface area contributed by atoms with Gasteiger partial charge in [0.15, 0.2) is 10.9 Å². The molecule has 0 saturated carbocycles. The third kappa shape index (κ3) is 4.06. The first-order valence-corrected chi connectivity index (χ1v) is 10.7. The van der Waals surface area contributed by atoms with E-state index in [9.17, 15) is 4.79 Å². The van der Waals surface area contributed by atoms with Gasteiger partial charge in [0.25, 0.3) is 0 Å². The Labute approximate surface area is 177 Å². The Hall–Kier alpha value is -2.66. The maximum atomic E-state index is 13.0. The molecule has 0 saturated heterocycles. The fourth-order valence-corrected chi connectivity index (χ4v) is 4.45. The molecule has 2 aromatic rings. The van der Waals surface area contributed by atoms with Gasteiger partial charge in [-0.25, -0.2) is 0 Å². The zero-order valence-electron chi connectivity index (χ0n) is 16.7. The number of benzene rings is 2. The standard InChI is InChI=1S/C24H26N2O2S/c1-2-15-26-19-12-8-13-20(27)22(19)23(25-24(26)29)18-11-6-7-14-21(18)28-16-17-9-4-3-5-10-17/h3-7,9-11,14,23H,2,8,12-13,15-16H2,1H3,(H,25,29).